The molecule has 0 saturated carbocycles. The number of hydrogen-bond donors (Lipinski definition) is 2. The van der Waals surface area contributed by atoms with Crippen molar-refractivity contribution in [2.24, 2.45) is 0 Å². The first-order valence-corrected chi connectivity index (χ1v) is 9.10. The molecule has 0 saturated heterocycles. The first-order valence-electron chi connectivity index (χ1n) is 7.91. The third-order valence-corrected chi connectivity index (χ3v) is 4.74. The molecule has 0 spiro atoms. The van der Waals surface area contributed by atoms with Gasteiger partial charge in [-0.15, -0.1) is 0 Å². The molecule has 3 rings (SSSR count). The van der Waals surface area contributed by atoms with E-state index in [1.54, 1.807) is 42.5 Å². The van der Waals surface area contributed by atoms with E-state index in [9.17, 15) is 4.79 Å². The average molecular weight is 376 g/mol. The van der Waals surface area contributed by atoms with E-state index in [0.717, 1.165) is 15.3 Å². The fraction of sp³-hybridized carbons (Fsp3) is 0.222. The molecule has 0 fully saturated rings. The second kappa shape index (κ2) is 8.18. The Morgan fingerprint density at radius 3 is 2.72 bits per heavy atom. The van der Waals surface area contributed by atoms with Crippen LogP contribution in [0, 0.1) is 0 Å². The lowest BCUT2D eigenvalue weighted by Gasteiger charge is -2.14. The van der Waals surface area contributed by atoms with Crippen LogP contribution in [0.4, 0.5) is 5.13 Å². The summed E-state index contributed by atoms with van der Waals surface area (Å²) in [6, 6.07) is 14.9. The number of thiazole rings is 1. The Balaban J connectivity index is 1.41. The smallest absolute Gasteiger partial charge is 0.260 e. The molecule has 2 N–H and O–H groups in total. The van der Waals surface area contributed by atoms with Gasteiger partial charge in [0.1, 0.15) is 5.75 Å². The van der Waals surface area contributed by atoms with Crippen LogP contribution >= 0.6 is 22.9 Å². The second-order valence-electron chi connectivity index (χ2n) is 5.42. The molecule has 0 aliphatic carbocycles. The molecule has 7 heteroatoms. The number of aromatic nitrogens is 1. The number of anilines is 1. The second-order valence-corrected chi connectivity index (χ2v) is 6.89. The minimum absolute atomic E-state index is 0.166. The van der Waals surface area contributed by atoms with Gasteiger partial charge in [0.05, 0.1) is 10.2 Å². The summed E-state index contributed by atoms with van der Waals surface area (Å²) in [5, 5.41) is 7.54. The summed E-state index contributed by atoms with van der Waals surface area (Å²) in [4.78, 5) is 16.6. The zero-order valence-corrected chi connectivity index (χ0v) is 15.2. The summed E-state index contributed by atoms with van der Waals surface area (Å²) >= 11 is 7.42. The van der Waals surface area contributed by atoms with Crippen LogP contribution in [0.15, 0.2) is 48.5 Å². The topological polar surface area (TPSA) is 63.2 Å². The van der Waals surface area contributed by atoms with Crippen LogP contribution in [0.25, 0.3) is 10.2 Å². The molecular weight excluding hydrogens is 358 g/mol. The highest BCUT2D eigenvalue weighted by atomic mass is 35.5. The number of hydrogen-bond acceptors (Lipinski definition) is 5. The van der Waals surface area contributed by atoms with Crippen molar-refractivity contribution in [1.29, 1.82) is 0 Å². The van der Waals surface area contributed by atoms with Crippen molar-refractivity contribution in [1.82, 2.24) is 10.3 Å². The maximum Gasteiger partial charge on any atom is 0.260 e. The van der Waals surface area contributed by atoms with Crippen LogP contribution < -0.4 is 15.4 Å². The quantitative estimate of drug-likeness (QED) is 0.614. The minimum atomic E-state index is -0.580. The molecule has 130 valence electrons. The number of benzene rings is 2. The Bertz CT molecular complexity index is 818. The summed E-state index contributed by atoms with van der Waals surface area (Å²) in [5.74, 6) is 0.445. The average Bonchev–Trinajstić information content (AvgIpc) is 3.03. The number of nitrogens with zero attached hydrogens (tertiary/aromatic N) is 1. The van der Waals surface area contributed by atoms with Crippen LogP contribution in [-0.2, 0) is 4.79 Å². The normalized spacial score (nSPS) is 11.9. The van der Waals surface area contributed by atoms with E-state index in [0.29, 0.717) is 23.9 Å². The number of halogens is 1. The van der Waals surface area contributed by atoms with Crippen molar-refractivity contribution in [3.63, 3.8) is 0 Å². The van der Waals surface area contributed by atoms with Crippen LogP contribution in [0.2, 0.25) is 5.02 Å². The SMILES string of the molecule is CC(Oc1ccc(Cl)cc1)C(=O)NCCNc1nc2ccccc2s1. The van der Waals surface area contributed by atoms with Gasteiger partial charge in [-0.05, 0) is 43.3 Å². The van der Waals surface area contributed by atoms with Crippen LogP contribution in [0.1, 0.15) is 6.92 Å². The maximum atomic E-state index is 12.1. The van der Waals surface area contributed by atoms with Gasteiger partial charge in [0.25, 0.3) is 5.91 Å². The van der Waals surface area contributed by atoms with Gasteiger partial charge in [0, 0.05) is 18.1 Å². The Labute approximate surface area is 155 Å². The van der Waals surface area contributed by atoms with Gasteiger partial charge in [0.2, 0.25) is 0 Å². The third kappa shape index (κ3) is 4.84. The standard InChI is InChI=1S/C18H18ClN3O2S/c1-12(24-14-8-6-13(19)7-9-14)17(23)20-10-11-21-18-22-15-4-2-3-5-16(15)25-18/h2-9,12H,10-11H2,1H3,(H,20,23)(H,21,22). The van der Waals surface area contributed by atoms with Crippen molar-refractivity contribution in [3.8, 4) is 5.75 Å². The summed E-state index contributed by atoms with van der Waals surface area (Å²) < 4.78 is 6.72. The van der Waals surface area contributed by atoms with Gasteiger partial charge in [0.15, 0.2) is 11.2 Å². The van der Waals surface area contributed by atoms with Gasteiger partial charge in [-0.25, -0.2) is 4.98 Å². The molecule has 0 bridgehead atoms. The van der Waals surface area contributed by atoms with E-state index >= 15 is 0 Å². The van der Waals surface area contributed by atoms with E-state index in [1.165, 1.54) is 0 Å². The largest absolute Gasteiger partial charge is 0.481 e. The highest BCUT2D eigenvalue weighted by molar-refractivity contribution is 7.22. The maximum absolute atomic E-state index is 12.1. The molecule has 1 heterocycles. The Morgan fingerprint density at radius 1 is 1.20 bits per heavy atom. The first kappa shape index (κ1) is 17.5. The number of ether oxygens (including phenoxy) is 1. The first-order chi connectivity index (χ1) is 12.1. The summed E-state index contributed by atoms with van der Waals surface area (Å²) in [6.07, 6.45) is -0.580. The Hall–Kier alpha value is -2.31. The highest BCUT2D eigenvalue weighted by Crippen LogP contribution is 2.24. The predicted molar refractivity (Wildman–Crippen MR) is 103 cm³/mol. The number of nitrogens with one attached hydrogen (secondary N) is 2. The van der Waals surface area contributed by atoms with Crippen molar-refractivity contribution < 1.29 is 9.53 Å². The number of amides is 1. The van der Waals surface area contributed by atoms with E-state index in [2.05, 4.69) is 15.6 Å². The molecule has 3 aromatic rings. The van der Waals surface area contributed by atoms with Crippen LogP contribution in [0.5, 0.6) is 5.75 Å². The van der Waals surface area contributed by atoms with Gasteiger partial charge < -0.3 is 15.4 Å². The number of carbonyl (C=O) groups is 1. The highest BCUT2D eigenvalue weighted by Gasteiger charge is 2.14. The number of rotatable bonds is 7. The van der Waals surface area contributed by atoms with E-state index in [-0.39, 0.29) is 5.91 Å². The number of para-hydroxylation sites is 1. The van der Waals surface area contributed by atoms with Gasteiger partial charge in [-0.3, -0.25) is 4.79 Å². The molecule has 5 nitrogen and oxygen atoms in total. The van der Waals surface area contributed by atoms with Gasteiger partial charge >= 0.3 is 0 Å². The van der Waals surface area contributed by atoms with Crippen molar-refractivity contribution in [2.45, 2.75) is 13.0 Å². The third-order valence-electron chi connectivity index (χ3n) is 3.49. The molecule has 25 heavy (non-hydrogen) atoms. The molecule has 0 aliphatic heterocycles. The van der Waals surface area contributed by atoms with Crippen LogP contribution in [-0.4, -0.2) is 30.1 Å². The predicted octanol–water partition coefficient (Wildman–Crippen LogP) is 3.95. The van der Waals surface area contributed by atoms with Gasteiger partial charge in [-0.1, -0.05) is 35.1 Å². The summed E-state index contributed by atoms with van der Waals surface area (Å²) in [7, 11) is 0. The van der Waals surface area contributed by atoms with E-state index in [1.807, 2.05) is 24.3 Å². The van der Waals surface area contributed by atoms with Gasteiger partial charge in [-0.2, -0.15) is 0 Å². The molecule has 0 aliphatic rings. The lowest BCUT2D eigenvalue weighted by molar-refractivity contribution is -0.127. The number of fused-ring (bicyclic) bond motifs is 1. The zero-order valence-electron chi connectivity index (χ0n) is 13.7. The molecule has 1 amide bonds. The molecule has 0 radical (unpaired) electrons. The van der Waals surface area contributed by atoms with Crippen molar-refractivity contribution in [3.05, 3.63) is 53.6 Å². The molecule has 1 unspecified atom stereocenters. The molecule has 2 aromatic carbocycles. The molecule has 1 atom stereocenters. The summed E-state index contributed by atoms with van der Waals surface area (Å²) in [6.45, 7) is 2.80. The van der Waals surface area contributed by atoms with E-state index < -0.39 is 6.10 Å². The lowest BCUT2D eigenvalue weighted by atomic mass is 10.3. The molecule has 1 aromatic heterocycles. The fourth-order valence-electron chi connectivity index (χ4n) is 2.22. The van der Waals surface area contributed by atoms with E-state index in [4.69, 9.17) is 16.3 Å². The monoisotopic (exact) mass is 375 g/mol. The van der Waals surface area contributed by atoms with Crippen LogP contribution in [0.3, 0.4) is 0 Å². The fourth-order valence-corrected chi connectivity index (χ4v) is 3.23. The minimum Gasteiger partial charge on any atom is -0.481 e. The Morgan fingerprint density at radius 2 is 1.96 bits per heavy atom. The van der Waals surface area contributed by atoms with Crippen molar-refractivity contribution in [2.75, 3.05) is 18.4 Å². The summed E-state index contributed by atoms with van der Waals surface area (Å²) in [5.41, 5.74) is 0.976. The zero-order chi connectivity index (χ0) is 17.6. The molecular formula is C18H18ClN3O2S. The Kier molecular flexibility index (Phi) is 5.73. The number of carbonyl (C=O) groups excluding carboxylic acids is 1. The lowest BCUT2D eigenvalue weighted by Crippen LogP contribution is -2.38. The van der Waals surface area contributed by atoms with Crippen molar-refractivity contribution >= 4 is 44.2 Å².